The van der Waals surface area contributed by atoms with Crippen LogP contribution in [-0.2, 0) is 9.53 Å². The predicted octanol–water partition coefficient (Wildman–Crippen LogP) is 2.11. The Morgan fingerprint density at radius 1 is 1.28 bits per heavy atom. The van der Waals surface area contributed by atoms with E-state index in [1.165, 1.54) is 11.3 Å². The van der Waals surface area contributed by atoms with E-state index in [2.05, 4.69) is 4.98 Å². The van der Waals surface area contributed by atoms with Gasteiger partial charge in [-0.25, -0.2) is 9.78 Å². The third-order valence-corrected chi connectivity index (χ3v) is 4.64. The third-order valence-electron chi connectivity index (χ3n) is 4.64. The average molecular weight is 348 g/mol. The lowest BCUT2D eigenvalue weighted by atomic mass is 9.98. The number of carbonyl (C=O) groups excluding carboxylic acids is 1. The first-order chi connectivity index (χ1) is 12.0. The molecular weight excluding hydrogens is 324 g/mol. The van der Waals surface area contributed by atoms with Crippen molar-refractivity contribution in [3.8, 4) is 5.88 Å². The molecule has 1 aromatic heterocycles. The molecule has 1 unspecified atom stereocenters. The van der Waals surface area contributed by atoms with Crippen LogP contribution in [-0.4, -0.2) is 58.3 Å². The molecule has 7 heteroatoms. The zero-order valence-corrected chi connectivity index (χ0v) is 14.4. The van der Waals surface area contributed by atoms with Crippen molar-refractivity contribution in [1.29, 1.82) is 0 Å². The molecule has 1 aromatic rings. The van der Waals surface area contributed by atoms with E-state index in [0.29, 0.717) is 18.0 Å². The fourth-order valence-electron chi connectivity index (χ4n) is 3.40. The minimum atomic E-state index is -1.06. The van der Waals surface area contributed by atoms with Crippen LogP contribution in [0.1, 0.15) is 49.4 Å². The van der Waals surface area contributed by atoms with Crippen LogP contribution >= 0.6 is 0 Å². The summed E-state index contributed by atoms with van der Waals surface area (Å²) < 4.78 is 11.3. The molecule has 0 bridgehead atoms. The average Bonchev–Trinajstić information content (AvgIpc) is 2.61. The number of carboxylic acids is 1. The zero-order chi connectivity index (χ0) is 17.8. The van der Waals surface area contributed by atoms with Crippen molar-refractivity contribution in [1.82, 2.24) is 9.88 Å². The third kappa shape index (κ3) is 4.48. The summed E-state index contributed by atoms with van der Waals surface area (Å²) in [4.78, 5) is 29.7. The van der Waals surface area contributed by atoms with Gasteiger partial charge in [0.2, 0.25) is 5.88 Å². The van der Waals surface area contributed by atoms with Crippen LogP contribution in [0.5, 0.6) is 5.88 Å². The van der Waals surface area contributed by atoms with Crippen molar-refractivity contribution in [3.63, 3.8) is 0 Å². The number of amides is 1. The lowest BCUT2D eigenvalue weighted by molar-refractivity contribution is -0.160. The maximum absolute atomic E-state index is 12.8. The van der Waals surface area contributed by atoms with Gasteiger partial charge in [-0.3, -0.25) is 4.79 Å². The summed E-state index contributed by atoms with van der Waals surface area (Å²) in [5, 5.41) is 9.16. The van der Waals surface area contributed by atoms with Gasteiger partial charge in [0.05, 0.1) is 12.6 Å². The maximum Gasteiger partial charge on any atom is 0.334 e. The number of nitrogens with zero attached hydrogens (tertiary/aromatic N) is 2. The molecule has 25 heavy (non-hydrogen) atoms. The van der Waals surface area contributed by atoms with Crippen LogP contribution in [0.25, 0.3) is 0 Å². The molecule has 0 spiro atoms. The van der Waals surface area contributed by atoms with Gasteiger partial charge >= 0.3 is 5.97 Å². The molecule has 2 aliphatic rings. The minimum absolute atomic E-state index is 0.0413. The normalized spacial score (nSPS) is 24.8. The van der Waals surface area contributed by atoms with Gasteiger partial charge in [0.15, 0.2) is 6.10 Å². The first kappa shape index (κ1) is 17.7. The van der Waals surface area contributed by atoms with Gasteiger partial charge in [0, 0.05) is 24.4 Å². The summed E-state index contributed by atoms with van der Waals surface area (Å²) in [6.45, 7) is 2.17. The fourth-order valence-corrected chi connectivity index (χ4v) is 3.40. The molecule has 1 N–H and O–H groups in total. The molecule has 1 saturated carbocycles. The van der Waals surface area contributed by atoms with Crippen LogP contribution < -0.4 is 4.74 Å². The van der Waals surface area contributed by atoms with E-state index < -0.39 is 12.1 Å². The van der Waals surface area contributed by atoms with Gasteiger partial charge in [-0.2, -0.15) is 0 Å². The predicted molar refractivity (Wildman–Crippen MR) is 89.6 cm³/mol. The van der Waals surface area contributed by atoms with Crippen molar-refractivity contribution in [2.75, 3.05) is 13.1 Å². The van der Waals surface area contributed by atoms with E-state index in [9.17, 15) is 9.59 Å². The van der Waals surface area contributed by atoms with E-state index in [-0.39, 0.29) is 24.7 Å². The van der Waals surface area contributed by atoms with E-state index >= 15 is 0 Å². The Hall–Kier alpha value is -2.15. The Bertz CT molecular complexity index is 630. The molecule has 136 valence electrons. The number of carbonyl (C=O) groups is 2. The van der Waals surface area contributed by atoms with Crippen molar-refractivity contribution in [3.05, 3.63) is 23.9 Å². The highest BCUT2D eigenvalue weighted by Gasteiger charge is 2.33. The number of ether oxygens (including phenoxy) is 2. The number of rotatable bonds is 4. The minimum Gasteiger partial charge on any atom is -0.479 e. The first-order valence-electron chi connectivity index (χ1n) is 8.83. The van der Waals surface area contributed by atoms with Gasteiger partial charge in [0.25, 0.3) is 5.91 Å². The summed E-state index contributed by atoms with van der Waals surface area (Å²) in [6.07, 6.45) is 5.99. The molecule has 1 saturated heterocycles. The van der Waals surface area contributed by atoms with Gasteiger partial charge in [-0.1, -0.05) is 6.42 Å². The molecule has 7 nitrogen and oxygen atoms in total. The number of hydrogen-bond donors (Lipinski definition) is 1. The molecule has 1 aliphatic carbocycles. The van der Waals surface area contributed by atoms with Crippen LogP contribution in [0.3, 0.4) is 0 Å². The summed E-state index contributed by atoms with van der Waals surface area (Å²) in [7, 11) is 0. The Balaban J connectivity index is 1.69. The quantitative estimate of drug-likeness (QED) is 0.896. The number of aliphatic carboxylic acids is 1. The Kier molecular flexibility index (Phi) is 5.53. The van der Waals surface area contributed by atoms with Crippen LogP contribution in [0.15, 0.2) is 18.3 Å². The van der Waals surface area contributed by atoms with Crippen LogP contribution in [0, 0.1) is 0 Å². The molecule has 0 aromatic carbocycles. The van der Waals surface area contributed by atoms with Crippen molar-refractivity contribution < 1.29 is 24.2 Å². The number of carboxylic acid groups (broad SMARTS) is 1. The van der Waals surface area contributed by atoms with Gasteiger partial charge in [0.1, 0.15) is 6.10 Å². The second kappa shape index (κ2) is 7.82. The molecule has 1 amide bonds. The highest BCUT2D eigenvalue weighted by molar-refractivity contribution is 5.94. The lowest BCUT2D eigenvalue weighted by Crippen LogP contribution is -2.51. The number of aromatic nitrogens is 1. The van der Waals surface area contributed by atoms with E-state index in [1.807, 2.05) is 0 Å². The van der Waals surface area contributed by atoms with Crippen LogP contribution in [0.2, 0.25) is 0 Å². The Morgan fingerprint density at radius 3 is 2.76 bits per heavy atom. The largest absolute Gasteiger partial charge is 0.479 e. The second-order valence-electron chi connectivity index (χ2n) is 6.74. The van der Waals surface area contributed by atoms with Gasteiger partial charge < -0.3 is 19.5 Å². The molecule has 1 aliphatic heterocycles. The van der Waals surface area contributed by atoms with E-state index in [0.717, 1.165) is 25.7 Å². The number of morpholine rings is 1. The fraction of sp³-hybridized carbons (Fsp3) is 0.611. The molecule has 2 atom stereocenters. The lowest BCUT2D eigenvalue weighted by Gasteiger charge is -2.35. The van der Waals surface area contributed by atoms with Crippen molar-refractivity contribution in [2.45, 2.75) is 57.3 Å². The van der Waals surface area contributed by atoms with Crippen molar-refractivity contribution in [2.24, 2.45) is 0 Å². The zero-order valence-electron chi connectivity index (χ0n) is 14.4. The topological polar surface area (TPSA) is 89.0 Å². The standard InChI is InChI=1S/C18H24N2O5/c1-12-10-20(11-15(24-12)18(22)23)17(21)13-7-8-19-16(9-13)25-14-5-3-2-4-6-14/h7-9,12,14-15H,2-6,10-11H2,1H3,(H,22,23)/t12-,15?/m1/s1. The van der Waals surface area contributed by atoms with E-state index in [4.69, 9.17) is 14.6 Å². The van der Waals surface area contributed by atoms with Gasteiger partial charge in [-0.15, -0.1) is 0 Å². The summed E-state index contributed by atoms with van der Waals surface area (Å²) in [5.41, 5.74) is 0.457. The maximum atomic E-state index is 12.8. The summed E-state index contributed by atoms with van der Waals surface area (Å²) in [6, 6.07) is 3.28. The Labute approximate surface area is 146 Å². The SMILES string of the molecule is C[C@@H]1CN(C(=O)c2ccnc(OC3CCCCC3)c2)CC(C(=O)O)O1. The Morgan fingerprint density at radius 2 is 2.04 bits per heavy atom. The van der Waals surface area contributed by atoms with Crippen LogP contribution in [0.4, 0.5) is 0 Å². The highest BCUT2D eigenvalue weighted by atomic mass is 16.5. The number of pyridine rings is 1. The van der Waals surface area contributed by atoms with Gasteiger partial charge in [-0.05, 0) is 38.7 Å². The molecule has 3 rings (SSSR count). The monoisotopic (exact) mass is 348 g/mol. The smallest absolute Gasteiger partial charge is 0.334 e. The summed E-state index contributed by atoms with van der Waals surface area (Å²) >= 11 is 0. The summed E-state index contributed by atoms with van der Waals surface area (Å²) in [5.74, 6) is -0.827. The molecule has 0 radical (unpaired) electrons. The molecular formula is C18H24N2O5. The number of hydrogen-bond acceptors (Lipinski definition) is 5. The van der Waals surface area contributed by atoms with Crippen molar-refractivity contribution >= 4 is 11.9 Å². The first-order valence-corrected chi connectivity index (χ1v) is 8.83. The second-order valence-corrected chi connectivity index (χ2v) is 6.74. The highest BCUT2D eigenvalue weighted by Crippen LogP contribution is 2.23. The molecule has 2 heterocycles. The van der Waals surface area contributed by atoms with E-state index in [1.54, 1.807) is 25.3 Å². The molecule has 2 fully saturated rings.